The van der Waals surface area contributed by atoms with Gasteiger partial charge in [0, 0.05) is 37.6 Å². The summed E-state index contributed by atoms with van der Waals surface area (Å²) in [6.45, 7) is 0.655. The third kappa shape index (κ3) is 3.79. The van der Waals surface area contributed by atoms with Crippen LogP contribution < -0.4 is 5.73 Å². The minimum atomic E-state index is -3.66. The van der Waals surface area contributed by atoms with Gasteiger partial charge in [-0.25, -0.2) is 13.1 Å². The first-order chi connectivity index (χ1) is 14.0. The summed E-state index contributed by atoms with van der Waals surface area (Å²) in [4.78, 5) is 16.1. The van der Waals surface area contributed by atoms with Gasteiger partial charge in [-0.3, -0.25) is 9.78 Å². The lowest BCUT2D eigenvalue weighted by Gasteiger charge is -2.31. The van der Waals surface area contributed by atoms with Crippen LogP contribution in [0.2, 0.25) is 0 Å². The Morgan fingerprint density at radius 3 is 2.62 bits per heavy atom. The van der Waals surface area contributed by atoms with Crippen LogP contribution in [-0.4, -0.2) is 46.5 Å². The molecular formula is C20H21N5O3S. The average Bonchev–Trinajstić information content (AvgIpc) is 3.21. The number of carbonyl (C=O) groups is 1. The Balaban J connectivity index is 1.66. The first-order valence-electron chi connectivity index (χ1n) is 9.32. The molecule has 1 aromatic carbocycles. The number of benzene rings is 1. The number of amides is 1. The van der Waals surface area contributed by atoms with Gasteiger partial charge in [0.25, 0.3) is 5.91 Å². The van der Waals surface area contributed by atoms with Gasteiger partial charge in [0.1, 0.15) is 4.90 Å². The van der Waals surface area contributed by atoms with E-state index in [2.05, 4.69) is 10.1 Å². The van der Waals surface area contributed by atoms with Crippen molar-refractivity contribution in [2.45, 2.75) is 23.7 Å². The fraction of sp³-hybridized carbons (Fsp3) is 0.250. The standard InChI is InChI=1S/C20H21N5O3S/c21-20(26)18-14-25(16-7-2-1-3-8-16)23-19(18)15-6-5-11-24(13-15)29(27,28)17-9-4-10-22-12-17/h1-4,7-10,12,14-15H,5-6,11,13H2,(H2,21,26)/t15-/m1/s1. The molecule has 150 valence electrons. The van der Waals surface area contributed by atoms with Crippen LogP contribution in [0.15, 0.2) is 66.0 Å². The summed E-state index contributed by atoms with van der Waals surface area (Å²) in [5.74, 6) is -0.794. The number of rotatable bonds is 5. The second-order valence-corrected chi connectivity index (χ2v) is 8.90. The molecule has 0 saturated carbocycles. The highest BCUT2D eigenvalue weighted by Crippen LogP contribution is 2.31. The molecule has 1 saturated heterocycles. The van der Waals surface area contributed by atoms with Crippen LogP contribution in [0.3, 0.4) is 0 Å². The molecule has 29 heavy (non-hydrogen) atoms. The number of nitrogens with two attached hydrogens (primary N) is 1. The van der Waals surface area contributed by atoms with Crippen molar-refractivity contribution in [2.75, 3.05) is 13.1 Å². The SMILES string of the molecule is NC(=O)c1cn(-c2ccccc2)nc1[C@@H]1CCCN(S(=O)(=O)c2cccnc2)C1. The Hall–Kier alpha value is -3.04. The summed E-state index contributed by atoms with van der Waals surface area (Å²) in [5.41, 5.74) is 7.25. The zero-order valence-corrected chi connectivity index (χ0v) is 16.5. The summed E-state index contributed by atoms with van der Waals surface area (Å²) in [7, 11) is -3.66. The van der Waals surface area contributed by atoms with Crippen molar-refractivity contribution >= 4 is 15.9 Å². The van der Waals surface area contributed by atoms with Crippen LogP contribution in [0.1, 0.15) is 34.8 Å². The van der Waals surface area contributed by atoms with Crippen LogP contribution >= 0.6 is 0 Å². The van der Waals surface area contributed by atoms with Crippen molar-refractivity contribution in [1.29, 1.82) is 0 Å². The summed E-state index contributed by atoms with van der Waals surface area (Å²) in [5, 5.41) is 4.60. The Morgan fingerprint density at radius 2 is 1.93 bits per heavy atom. The second-order valence-electron chi connectivity index (χ2n) is 6.96. The van der Waals surface area contributed by atoms with Gasteiger partial charge in [0.2, 0.25) is 10.0 Å². The van der Waals surface area contributed by atoms with E-state index in [0.717, 1.165) is 12.1 Å². The van der Waals surface area contributed by atoms with E-state index in [1.165, 1.54) is 22.8 Å². The van der Waals surface area contributed by atoms with E-state index in [-0.39, 0.29) is 17.4 Å². The molecule has 0 bridgehead atoms. The first kappa shape index (κ1) is 19.3. The molecule has 0 radical (unpaired) electrons. The number of hydrogen-bond donors (Lipinski definition) is 1. The molecule has 3 heterocycles. The van der Waals surface area contributed by atoms with Crippen LogP contribution in [0.25, 0.3) is 5.69 Å². The highest BCUT2D eigenvalue weighted by molar-refractivity contribution is 7.89. The van der Waals surface area contributed by atoms with Crippen LogP contribution in [0, 0.1) is 0 Å². The molecule has 2 aromatic heterocycles. The van der Waals surface area contributed by atoms with E-state index in [1.54, 1.807) is 16.9 Å². The molecule has 8 nitrogen and oxygen atoms in total. The molecular weight excluding hydrogens is 390 g/mol. The Kier molecular flexibility index (Phi) is 5.16. The number of pyridine rings is 1. The number of piperidine rings is 1. The molecule has 1 aliphatic rings. The van der Waals surface area contributed by atoms with E-state index in [1.807, 2.05) is 30.3 Å². The van der Waals surface area contributed by atoms with Crippen molar-refractivity contribution in [3.63, 3.8) is 0 Å². The Morgan fingerprint density at radius 1 is 1.14 bits per heavy atom. The van der Waals surface area contributed by atoms with Crippen molar-refractivity contribution in [1.82, 2.24) is 19.1 Å². The Labute approximate surface area is 169 Å². The van der Waals surface area contributed by atoms with Gasteiger partial charge in [-0.2, -0.15) is 9.40 Å². The fourth-order valence-electron chi connectivity index (χ4n) is 3.62. The van der Waals surface area contributed by atoms with Crippen LogP contribution in [-0.2, 0) is 10.0 Å². The smallest absolute Gasteiger partial charge is 0.252 e. The largest absolute Gasteiger partial charge is 0.365 e. The molecule has 9 heteroatoms. The molecule has 4 rings (SSSR count). The lowest BCUT2D eigenvalue weighted by Crippen LogP contribution is -2.39. The maximum absolute atomic E-state index is 13.0. The maximum Gasteiger partial charge on any atom is 0.252 e. The van der Waals surface area contributed by atoms with Crippen molar-refractivity contribution in [3.05, 3.63) is 72.3 Å². The van der Waals surface area contributed by atoms with Gasteiger partial charge in [-0.1, -0.05) is 18.2 Å². The molecule has 2 N–H and O–H groups in total. The van der Waals surface area contributed by atoms with E-state index in [0.29, 0.717) is 24.2 Å². The predicted molar refractivity (Wildman–Crippen MR) is 107 cm³/mol. The lowest BCUT2D eigenvalue weighted by atomic mass is 9.93. The minimum absolute atomic E-state index is 0.158. The number of aromatic nitrogens is 3. The third-order valence-corrected chi connectivity index (χ3v) is 6.92. The molecule has 1 atom stereocenters. The van der Waals surface area contributed by atoms with Gasteiger partial charge in [-0.15, -0.1) is 0 Å². The number of para-hydroxylation sites is 1. The fourth-order valence-corrected chi connectivity index (χ4v) is 5.11. The second kappa shape index (κ2) is 7.76. The number of sulfonamides is 1. The van der Waals surface area contributed by atoms with Crippen molar-refractivity contribution in [3.8, 4) is 5.69 Å². The van der Waals surface area contributed by atoms with Crippen molar-refractivity contribution in [2.24, 2.45) is 5.73 Å². The number of carbonyl (C=O) groups excluding carboxylic acids is 1. The molecule has 0 aliphatic carbocycles. The molecule has 1 aliphatic heterocycles. The lowest BCUT2D eigenvalue weighted by molar-refractivity contribution is 0.0998. The van der Waals surface area contributed by atoms with E-state index in [4.69, 9.17) is 5.73 Å². The summed E-state index contributed by atoms with van der Waals surface area (Å²) in [6, 6.07) is 12.5. The number of hydrogen-bond acceptors (Lipinski definition) is 5. The monoisotopic (exact) mass is 411 g/mol. The van der Waals surface area contributed by atoms with E-state index < -0.39 is 15.9 Å². The van der Waals surface area contributed by atoms with Crippen LogP contribution in [0.4, 0.5) is 0 Å². The highest BCUT2D eigenvalue weighted by Gasteiger charge is 2.34. The molecule has 3 aromatic rings. The number of primary amides is 1. The maximum atomic E-state index is 13.0. The minimum Gasteiger partial charge on any atom is -0.365 e. The predicted octanol–water partition coefficient (Wildman–Crippen LogP) is 1.93. The van der Waals surface area contributed by atoms with Gasteiger partial charge >= 0.3 is 0 Å². The van der Waals surface area contributed by atoms with Crippen LogP contribution in [0.5, 0.6) is 0 Å². The molecule has 1 fully saturated rings. The Bertz CT molecular complexity index is 1110. The molecule has 1 amide bonds. The number of nitrogens with zero attached hydrogens (tertiary/aromatic N) is 4. The van der Waals surface area contributed by atoms with Gasteiger partial charge in [0.05, 0.1) is 16.9 Å². The van der Waals surface area contributed by atoms with Gasteiger partial charge in [0.15, 0.2) is 0 Å². The van der Waals surface area contributed by atoms with E-state index >= 15 is 0 Å². The topological polar surface area (TPSA) is 111 Å². The van der Waals surface area contributed by atoms with E-state index in [9.17, 15) is 13.2 Å². The quantitative estimate of drug-likeness (QED) is 0.690. The third-order valence-electron chi connectivity index (χ3n) is 5.07. The zero-order chi connectivity index (χ0) is 20.4. The molecule has 0 spiro atoms. The zero-order valence-electron chi connectivity index (χ0n) is 15.7. The first-order valence-corrected chi connectivity index (χ1v) is 10.8. The normalized spacial score (nSPS) is 17.9. The van der Waals surface area contributed by atoms with Gasteiger partial charge < -0.3 is 5.73 Å². The molecule has 0 unspecified atom stereocenters. The van der Waals surface area contributed by atoms with Crippen molar-refractivity contribution < 1.29 is 13.2 Å². The average molecular weight is 411 g/mol. The summed E-state index contributed by atoms with van der Waals surface area (Å²) >= 11 is 0. The summed E-state index contributed by atoms with van der Waals surface area (Å²) < 4.78 is 29.0. The highest BCUT2D eigenvalue weighted by atomic mass is 32.2. The summed E-state index contributed by atoms with van der Waals surface area (Å²) in [6.07, 6.45) is 5.89. The van der Waals surface area contributed by atoms with Gasteiger partial charge in [-0.05, 0) is 37.1 Å².